The second-order valence-corrected chi connectivity index (χ2v) is 5.55. The van der Waals surface area contributed by atoms with Crippen molar-refractivity contribution < 1.29 is 5.11 Å². The number of phenols is 1. The molecular weight excluding hydrogens is 284 g/mol. The SMILES string of the molecule is Cc1cccc(-c2cc(-c3cccc(O)c3)nc(C)c2C#N)c1. The quantitative estimate of drug-likeness (QED) is 0.752. The number of rotatable bonds is 2. The van der Waals surface area contributed by atoms with Gasteiger partial charge in [0.1, 0.15) is 11.8 Å². The van der Waals surface area contributed by atoms with Crippen molar-refractivity contribution in [2.45, 2.75) is 13.8 Å². The zero-order valence-electron chi connectivity index (χ0n) is 13.0. The molecule has 0 radical (unpaired) electrons. The van der Waals surface area contributed by atoms with E-state index in [-0.39, 0.29) is 5.75 Å². The third kappa shape index (κ3) is 2.93. The molecule has 0 fully saturated rings. The van der Waals surface area contributed by atoms with Crippen LogP contribution in [-0.4, -0.2) is 10.1 Å². The summed E-state index contributed by atoms with van der Waals surface area (Å²) in [5.41, 5.74) is 5.83. The molecule has 0 aliphatic heterocycles. The molecule has 0 spiro atoms. The van der Waals surface area contributed by atoms with Crippen LogP contribution in [0.4, 0.5) is 0 Å². The van der Waals surface area contributed by atoms with E-state index in [9.17, 15) is 10.4 Å². The van der Waals surface area contributed by atoms with Gasteiger partial charge in [0.25, 0.3) is 0 Å². The molecular formula is C20H16N2O. The number of hydrogen-bond donors (Lipinski definition) is 1. The molecule has 0 bridgehead atoms. The molecule has 1 aromatic heterocycles. The van der Waals surface area contributed by atoms with Crippen LogP contribution in [0.15, 0.2) is 54.6 Å². The number of hydrogen-bond acceptors (Lipinski definition) is 3. The van der Waals surface area contributed by atoms with Gasteiger partial charge in [-0.3, -0.25) is 4.98 Å². The maximum Gasteiger partial charge on any atom is 0.116 e. The fourth-order valence-corrected chi connectivity index (χ4v) is 2.67. The fraction of sp³-hybridized carbons (Fsp3) is 0.100. The lowest BCUT2D eigenvalue weighted by Gasteiger charge is -2.11. The third-order valence-electron chi connectivity index (χ3n) is 3.78. The van der Waals surface area contributed by atoms with Crippen LogP contribution in [0.2, 0.25) is 0 Å². The van der Waals surface area contributed by atoms with Crippen LogP contribution >= 0.6 is 0 Å². The van der Waals surface area contributed by atoms with E-state index in [1.807, 2.05) is 44.2 Å². The molecule has 0 saturated heterocycles. The Hall–Kier alpha value is -3.12. The Morgan fingerprint density at radius 2 is 1.70 bits per heavy atom. The molecule has 23 heavy (non-hydrogen) atoms. The van der Waals surface area contributed by atoms with Crippen LogP contribution in [0.1, 0.15) is 16.8 Å². The van der Waals surface area contributed by atoms with Crippen LogP contribution in [0.5, 0.6) is 5.75 Å². The van der Waals surface area contributed by atoms with Crippen LogP contribution in [0.25, 0.3) is 22.4 Å². The predicted molar refractivity (Wildman–Crippen MR) is 91.0 cm³/mol. The number of benzene rings is 2. The molecule has 0 saturated carbocycles. The first kappa shape index (κ1) is 14.8. The average molecular weight is 300 g/mol. The summed E-state index contributed by atoms with van der Waals surface area (Å²) in [6.07, 6.45) is 0. The summed E-state index contributed by atoms with van der Waals surface area (Å²) in [6.45, 7) is 3.86. The first-order chi connectivity index (χ1) is 11.1. The first-order valence-electron chi connectivity index (χ1n) is 7.36. The Balaban J connectivity index is 2.25. The van der Waals surface area contributed by atoms with Crippen molar-refractivity contribution in [3.05, 3.63) is 71.4 Å². The van der Waals surface area contributed by atoms with Gasteiger partial charge in [-0.2, -0.15) is 5.26 Å². The van der Waals surface area contributed by atoms with Crippen molar-refractivity contribution in [2.24, 2.45) is 0 Å². The van der Waals surface area contributed by atoms with E-state index in [1.165, 1.54) is 0 Å². The molecule has 0 atom stereocenters. The predicted octanol–water partition coefficient (Wildman–Crippen LogP) is 4.61. The van der Waals surface area contributed by atoms with E-state index >= 15 is 0 Å². The highest BCUT2D eigenvalue weighted by molar-refractivity contribution is 5.77. The summed E-state index contributed by atoms with van der Waals surface area (Å²) in [5.74, 6) is 0.198. The Bertz CT molecular complexity index is 923. The highest BCUT2D eigenvalue weighted by Crippen LogP contribution is 2.31. The third-order valence-corrected chi connectivity index (χ3v) is 3.78. The van der Waals surface area contributed by atoms with Crippen LogP contribution in [0.3, 0.4) is 0 Å². The molecule has 2 aromatic carbocycles. The van der Waals surface area contributed by atoms with Crippen molar-refractivity contribution in [3.63, 3.8) is 0 Å². The minimum atomic E-state index is 0.198. The normalized spacial score (nSPS) is 10.3. The first-order valence-corrected chi connectivity index (χ1v) is 7.36. The second kappa shape index (κ2) is 5.94. The number of aryl methyl sites for hydroxylation is 2. The molecule has 3 heteroatoms. The minimum absolute atomic E-state index is 0.198. The van der Waals surface area contributed by atoms with Gasteiger partial charge in [0.15, 0.2) is 0 Å². The number of nitriles is 1. The number of aromatic nitrogens is 1. The van der Waals surface area contributed by atoms with Gasteiger partial charge in [0.2, 0.25) is 0 Å². The van der Waals surface area contributed by atoms with Gasteiger partial charge in [-0.05, 0) is 37.6 Å². The van der Waals surface area contributed by atoms with Gasteiger partial charge in [0, 0.05) is 11.1 Å². The van der Waals surface area contributed by atoms with Crippen molar-refractivity contribution in [2.75, 3.05) is 0 Å². The van der Waals surface area contributed by atoms with Crippen molar-refractivity contribution >= 4 is 0 Å². The smallest absolute Gasteiger partial charge is 0.116 e. The topological polar surface area (TPSA) is 56.9 Å². The molecule has 0 unspecified atom stereocenters. The number of pyridine rings is 1. The lowest BCUT2D eigenvalue weighted by Crippen LogP contribution is -1.96. The second-order valence-electron chi connectivity index (χ2n) is 5.55. The summed E-state index contributed by atoms with van der Waals surface area (Å²) < 4.78 is 0. The summed E-state index contributed by atoms with van der Waals surface area (Å²) in [4.78, 5) is 4.53. The van der Waals surface area contributed by atoms with Crippen molar-refractivity contribution in [3.8, 4) is 34.2 Å². The largest absolute Gasteiger partial charge is 0.508 e. The molecule has 0 amide bonds. The van der Waals surface area contributed by atoms with Gasteiger partial charge in [0.05, 0.1) is 17.0 Å². The van der Waals surface area contributed by atoms with E-state index in [0.29, 0.717) is 11.3 Å². The summed E-state index contributed by atoms with van der Waals surface area (Å²) in [6, 6.07) is 19.2. The van der Waals surface area contributed by atoms with Gasteiger partial charge < -0.3 is 5.11 Å². The van der Waals surface area contributed by atoms with Gasteiger partial charge in [-0.15, -0.1) is 0 Å². The Morgan fingerprint density at radius 1 is 0.957 bits per heavy atom. The number of aromatic hydroxyl groups is 1. The maximum absolute atomic E-state index is 9.69. The van der Waals surface area contributed by atoms with Crippen molar-refractivity contribution in [1.82, 2.24) is 4.98 Å². The van der Waals surface area contributed by atoms with Gasteiger partial charge in [-0.1, -0.05) is 42.0 Å². The summed E-state index contributed by atoms with van der Waals surface area (Å²) in [7, 11) is 0. The van der Waals surface area contributed by atoms with E-state index in [2.05, 4.69) is 17.1 Å². The molecule has 0 aliphatic rings. The molecule has 3 nitrogen and oxygen atoms in total. The Kier molecular flexibility index (Phi) is 3.82. The molecule has 1 heterocycles. The molecule has 1 N–H and O–H groups in total. The van der Waals surface area contributed by atoms with Gasteiger partial charge in [-0.25, -0.2) is 0 Å². The molecule has 3 aromatic rings. The Labute approximate surface area is 135 Å². The van der Waals surface area contributed by atoms with E-state index in [4.69, 9.17) is 0 Å². The van der Waals surface area contributed by atoms with E-state index in [0.717, 1.165) is 27.9 Å². The van der Waals surface area contributed by atoms with Crippen LogP contribution in [0, 0.1) is 25.2 Å². The highest BCUT2D eigenvalue weighted by Gasteiger charge is 2.13. The maximum atomic E-state index is 9.69. The van der Waals surface area contributed by atoms with E-state index < -0.39 is 0 Å². The number of phenolic OH excluding ortho intramolecular Hbond substituents is 1. The fourth-order valence-electron chi connectivity index (χ4n) is 2.67. The number of nitrogens with zero attached hydrogens (tertiary/aromatic N) is 2. The molecule has 0 aliphatic carbocycles. The van der Waals surface area contributed by atoms with Crippen LogP contribution < -0.4 is 0 Å². The summed E-state index contributed by atoms with van der Waals surface area (Å²) in [5, 5.41) is 19.2. The zero-order chi connectivity index (χ0) is 16.4. The molecule has 3 rings (SSSR count). The Morgan fingerprint density at radius 3 is 2.39 bits per heavy atom. The monoisotopic (exact) mass is 300 g/mol. The van der Waals surface area contributed by atoms with Crippen LogP contribution in [-0.2, 0) is 0 Å². The standard InChI is InChI=1S/C20H16N2O/c1-13-5-3-6-15(9-13)18-11-20(22-14(2)19(18)12-21)16-7-4-8-17(23)10-16/h3-11,23H,1-2H3. The summed E-state index contributed by atoms with van der Waals surface area (Å²) >= 11 is 0. The van der Waals surface area contributed by atoms with Crippen molar-refractivity contribution in [1.29, 1.82) is 5.26 Å². The zero-order valence-corrected chi connectivity index (χ0v) is 13.0. The average Bonchev–Trinajstić information content (AvgIpc) is 2.54. The lowest BCUT2D eigenvalue weighted by atomic mass is 9.96. The lowest BCUT2D eigenvalue weighted by molar-refractivity contribution is 0.475. The van der Waals surface area contributed by atoms with E-state index in [1.54, 1.807) is 18.2 Å². The highest BCUT2D eigenvalue weighted by atomic mass is 16.3. The minimum Gasteiger partial charge on any atom is -0.508 e. The molecule has 112 valence electrons. The van der Waals surface area contributed by atoms with Gasteiger partial charge >= 0.3 is 0 Å².